The van der Waals surface area contributed by atoms with E-state index in [1.807, 2.05) is 0 Å². The van der Waals surface area contributed by atoms with Crippen molar-refractivity contribution in [1.82, 2.24) is 20.2 Å². The average molecular weight is 447 g/mol. The number of aromatic nitrogens is 2. The van der Waals surface area contributed by atoms with Crippen LogP contribution in [0, 0.1) is 0 Å². The fourth-order valence-corrected chi connectivity index (χ4v) is 3.40. The molecule has 168 valence electrons. The van der Waals surface area contributed by atoms with Gasteiger partial charge in [0.05, 0.1) is 13.3 Å². The minimum absolute atomic E-state index is 0.304. The largest absolute Gasteiger partial charge is 0.497 e. The van der Waals surface area contributed by atoms with Gasteiger partial charge in [-0.25, -0.2) is 9.78 Å². The van der Waals surface area contributed by atoms with Crippen molar-refractivity contribution in [3.05, 3.63) is 72.7 Å². The second-order valence-electron chi connectivity index (χ2n) is 7.40. The Labute approximate surface area is 189 Å². The Kier molecular flexibility index (Phi) is 5.90. The molecule has 2 aromatic carbocycles. The SMILES string of the molecule is COc1ccc(C2(C)NC(=O)N(CC(=O)Nc3cccc(Oc4cnccn4)c3)C2=O)cc1. The topological polar surface area (TPSA) is 123 Å². The van der Waals surface area contributed by atoms with Gasteiger partial charge in [-0.15, -0.1) is 0 Å². The van der Waals surface area contributed by atoms with Gasteiger partial charge in [-0.05, 0) is 36.8 Å². The highest BCUT2D eigenvalue weighted by Gasteiger charge is 2.49. The van der Waals surface area contributed by atoms with E-state index in [4.69, 9.17) is 9.47 Å². The zero-order valence-corrected chi connectivity index (χ0v) is 17.9. The molecule has 0 bridgehead atoms. The fraction of sp³-hybridized carbons (Fsp3) is 0.174. The second kappa shape index (κ2) is 8.95. The third-order valence-electron chi connectivity index (χ3n) is 5.12. The number of hydrogen-bond acceptors (Lipinski definition) is 7. The number of ether oxygens (including phenoxy) is 2. The zero-order valence-electron chi connectivity index (χ0n) is 17.9. The molecule has 33 heavy (non-hydrogen) atoms. The van der Waals surface area contributed by atoms with Gasteiger partial charge in [-0.3, -0.25) is 19.5 Å². The van der Waals surface area contributed by atoms with Crippen LogP contribution in [-0.4, -0.2) is 46.4 Å². The van der Waals surface area contributed by atoms with Crippen molar-refractivity contribution in [2.24, 2.45) is 0 Å². The van der Waals surface area contributed by atoms with E-state index in [9.17, 15) is 14.4 Å². The Balaban J connectivity index is 1.42. The van der Waals surface area contributed by atoms with Crippen LogP contribution in [0.1, 0.15) is 12.5 Å². The molecular weight excluding hydrogens is 426 g/mol. The molecule has 2 heterocycles. The first-order valence-corrected chi connectivity index (χ1v) is 10.0. The number of methoxy groups -OCH3 is 1. The number of amides is 4. The minimum Gasteiger partial charge on any atom is -0.497 e. The van der Waals surface area contributed by atoms with Gasteiger partial charge in [-0.2, -0.15) is 0 Å². The monoisotopic (exact) mass is 447 g/mol. The quantitative estimate of drug-likeness (QED) is 0.534. The van der Waals surface area contributed by atoms with Crippen molar-refractivity contribution in [2.75, 3.05) is 19.0 Å². The molecule has 1 unspecified atom stereocenters. The van der Waals surface area contributed by atoms with E-state index >= 15 is 0 Å². The molecule has 10 heteroatoms. The number of nitrogens with one attached hydrogen (secondary N) is 2. The summed E-state index contributed by atoms with van der Waals surface area (Å²) in [5.74, 6) is 0.316. The maximum atomic E-state index is 13.0. The van der Waals surface area contributed by atoms with Gasteiger partial charge in [0.1, 0.15) is 23.6 Å². The Morgan fingerprint density at radius 3 is 2.61 bits per heavy atom. The van der Waals surface area contributed by atoms with E-state index in [1.165, 1.54) is 25.7 Å². The maximum Gasteiger partial charge on any atom is 0.325 e. The highest BCUT2D eigenvalue weighted by atomic mass is 16.5. The van der Waals surface area contributed by atoms with Crippen LogP contribution < -0.4 is 20.1 Å². The Morgan fingerprint density at radius 1 is 1.12 bits per heavy atom. The molecule has 1 fully saturated rings. The van der Waals surface area contributed by atoms with Crippen molar-refractivity contribution in [1.29, 1.82) is 0 Å². The molecule has 0 radical (unpaired) electrons. The number of imide groups is 1. The lowest BCUT2D eigenvalue weighted by atomic mass is 9.92. The van der Waals surface area contributed by atoms with Crippen LogP contribution in [-0.2, 0) is 15.1 Å². The molecule has 3 aromatic rings. The van der Waals surface area contributed by atoms with Crippen LogP contribution in [0.25, 0.3) is 0 Å². The van der Waals surface area contributed by atoms with Crippen LogP contribution in [0.2, 0.25) is 0 Å². The highest BCUT2D eigenvalue weighted by Crippen LogP contribution is 2.30. The van der Waals surface area contributed by atoms with E-state index in [0.717, 1.165) is 4.90 Å². The Bertz CT molecular complexity index is 1190. The standard InChI is InChI=1S/C23H21N5O5/c1-23(15-6-8-17(32-2)9-7-15)21(30)28(22(31)27-23)14-19(29)26-16-4-3-5-18(12-16)33-20-13-24-10-11-25-20/h3-13H,14H2,1-2H3,(H,26,29)(H,27,31). The first-order chi connectivity index (χ1) is 15.9. The van der Waals surface area contributed by atoms with Crippen LogP contribution in [0.3, 0.4) is 0 Å². The molecular formula is C23H21N5O5. The molecule has 4 rings (SSSR count). The highest BCUT2D eigenvalue weighted by molar-refractivity contribution is 6.10. The summed E-state index contributed by atoms with van der Waals surface area (Å²) in [4.78, 5) is 47.0. The summed E-state index contributed by atoms with van der Waals surface area (Å²) in [7, 11) is 1.54. The summed E-state index contributed by atoms with van der Waals surface area (Å²) < 4.78 is 10.7. The third kappa shape index (κ3) is 4.59. The summed E-state index contributed by atoms with van der Waals surface area (Å²) in [5.41, 5.74) is -0.265. The third-order valence-corrected chi connectivity index (χ3v) is 5.12. The van der Waals surface area contributed by atoms with Gasteiger partial charge in [-0.1, -0.05) is 18.2 Å². The number of carbonyl (C=O) groups excluding carboxylic acids is 3. The molecule has 0 saturated carbocycles. The van der Waals surface area contributed by atoms with Crippen LogP contribution in [0.5, 0.6) is 17.4 Å². The smallest absolute Gasteiger partial charge is 0.325 e. The van der Waals surface area contributed by atoms with Gasteiger partial charge in [0, 0.05) is 24.1 Å². The number of nitrogens with zero attached hydrogens (tertiary/aromatic N) is 3. The van der Waals surface area contributed by atoms with Gasteiger partial charge < -0.3 is 20.1 Å². The Morgan fingerprint density at radius 2 is 1.91 bits per heavy atom. The molecule has 1 aliphatic rings. The summed E-state index contributed by atoms with van der Waals surface area (Å²) in [6.45, 7) is 1.16. The lowest BCUT2D eigenvalue weighted by molar-refractivity contribution is -0.133. The number of hydrogen-bond donors (Lipinski definition) is 2. The van der Waals surface area contributed by atoms with Crippen molar-refractivity contribution in [3.63, 3.8) is 0 Å². The van der Waals surface area contributed by atoms with E-state index < -0.39 is 29.9 Å². The Hall–Kier alpha value is -4.47. The second-order valence-corrected chi connectivity index (χ2v) is 7.40. The van der Waals surface area contributed by atoms with Crippen molar-refractivity contribution >= 4 is 23.5 Å². The molecule has 0 spiro atoms. The lowest BCUT2D eigenvalue weighted by Crippen LogP contribution is -2.42. The number of urea groups is 1. The molecule has 1 aromatic heterocycles. The zero-order chi connectivity index (χ0) is 23.4. The van der Waals surface area contributed by atoms with Gasteiger partial charge in [0.25, 0.3) is 5.91 Å². The number of rotatable bonds is 7. The number of carbonyl (C=O) groups is 3. The summed E-state index contributed by atoms with van der Waals surface area (Å²) in [6.07, 6.45) is 4.49. The summed E-state index contributed by atoms with van der Waals surface area (Å²) >= 11 is 0. The lowest BCUT2D eigenvalue weighted by Gasteiger charge is -2.22. The number of benzene rings is 2. The van der Waals surface area contributed by atoms with E-state index in [1.54, 1.807) is 55.5 Å². The van der Waals surface area contributed by atoms with E-state index in [0.29, 0.717) is 28.6 Å². The fourth-order valence-electron chi connectivity index (χ4n) is 3.40. The van der Waals surface area contributed by atoms with Crippen molar-refractivity contribution in [2.45, 2.75) is 12.5 Å². The summed E-state index contributed by atoms with van der Waals surface area (Å²) in [5, 5.41) is 5.35. The maximum absolute atomic E-state index is 13.0. The number of anilines is 1. The minimum atomic E-state index is -1.28. The molecule has 1 aliphatic heterocycles. The predicted octanol–water partition coefficient (Wildman–Crippen LogP) is 2.68. The first kappa shape index (κ1) is 21.8. The van der Waals surface area contributed by atoms with Crippen LogP contribution >= 0.6 is 0 Å². The normalized spacial score (nSPS) is 17.5. The molecule has 1 saturated heterocycles. The predicted molar refractivity (Wildman–Crippen MR) is 118 cm³/mol. The van der Waals surface area contributed by atoms with Crippen LogP contribution in [0.15, 0.2) is 67.1 Å². The van der Waals surface area contributed by atoms with Gasteiger partial charge >= 0.3 is 6.03 Å². The molecule has 0 aliphatic carbocycles. The first-order valence-electron chi connectivity index (χ1n) is 10.0. The summed E-state index contributed by atoms with van der Waals surface area (Å²) in [6, 6.07) is 12.8. The van der Waals surface area contributed by atoms with Crippen molar-refractivity contribution < 1.29 is 23.9 Å². The molecule has 4 amide bonds. The van der Waals surface area contributed by atoms with Crippen LogP contribution in [0.4, 0.5) is 10.5 Å². The van der Waals surface area contributed by atoms with E-state index in [-0.39, 0.29) is 0 Å². The van der Waals surface area contributed by atoms with E-state index in [2.05, 4.69) is 20.6 Å². The van der Waals surface area contributed by atoms with Gasteiger partial charge in [0.15, 0.2) is 0 Å². The van der Waals surface area contributed by atoms with Crippen molar-refractivity contribution in [3.8, 4) is 17.4 Å². The molecule has 1 atom stereocenters. The molecule has 10 nitrogen and oxygen atoms in total. The molecule has 2 N–H and O–H groups in total. The average Bonchev–Trinajstić information content (AvgIpc) is 3.04. The van der Waals surface area contributed by atoms with Gasteiger partial charge in [0.2, 0.25) is 11.8 Å².